The number of amides is 1. The third-order valence-corrected chi connectivity index (χ3v) is 7.47. The Morgan fingerprint density at radius 2 is 2.03 bits per heavy atom. The molecule has 0 spiro atoms. The van der Waals surface area contributed by atoms with Crippen molar-refractivity contribution in [1.29, 1.82) is 0 Å². The van der Waals surface area contributed by atoms with E-state index < -0.39 is 5.60 Å². The number of methoxy groups -OCH3 is 1. The van der Waals surface area contributed by atoms with Crippen molar-refractivity contribution < 1.29 is 14.6 Å². The number of aromatic nitrogens is 1. The van der Waals surface area contributed by atoms with Crippen LogP contribution >= 0.6 is 11.3 Å². The molecule has 0 bridgehead atoms. The van der Waals surface area contributed by atoms with E-state index >= 15 is 0 Å². The summed E-state index contributed by atoms with van der Waals surface area (Å²) in [6.45, 7) is 3.82. The number of rotatable bonds is 8. The highest BCUT2D eigenvalue weighted by Gasteiger charge is 2.37. The molecule has 1 aromatic heterocycles. The number of aliphatic hydroxyl groups is 1. The van der Waals surface area contributed by atoms with Gasteiger partial charge in [-0.1, -0.05) is 30.3 Å². The number of hydrogen-bond donors (Lipinski definition) is 1. The van der Waals surface area contributed by atoms with Gasteiger partial charge in [0.05, 0.1) is 18.8 Å². The Morgan fingerprint density at radius 1 is 1.26 bits per heavy atom. The van der Waals surface area contributed by atoms with Gasteiger partial charge in [-0.15, -0.1) is 11.3 Å². The maximum absolute atomic E-state index is 12.6. The number of carbonyl (C=O) groups is 1. The van der Waals surface area contributed by atoms with Crippen LogP contribution in [0.25, 0.3) is 0 Å². The molecule has 7 heteroatoms. The summed E-state index contributed by atoms with van der Waals surface area (Å²) in [7, 11) is 1.76. The minimum Gasteiger partial charge on any atom is -0.383 e. The third kappa shape index (κ3) is 5.52. The van der Waals surface area contributed by atoms with E-state index in [0.717, 1.165) is 36.8 Å². The summed E-state index contributed by atoms with van der Waals surface area (Å²) in [5, 5.41) is 14.3. The van der Waals surface area contributed by atoms with Crippen LogP contribution in [0, 0.1) is 0 Å². The molecular weight excluding hydrogens is 410 g/mol. The van der Waals surface area contributed by atoms with Gasteiger partial charge in [-0.2, -0.15) is 0 Å². The molecule has 6 nitrogen and oxygen atoms in total. The monoisotopic (exact) mass is 443 g/mol. The number of ether oxygens (including phenoxy) is 1. The zero-order chi connectivity index (χ0) is 21.7. The number of likely N-dealkylation sites (tertiary alicyclic amines) is 2. The Kier molecular flexibility index (Phi) is 7.38. The molecule has 0 unspecified atom stereocenters. The quantitative estimate of drug-likeness (QED) is 0.679. The van der Waals surface area contributed by atoms with E-state index in [1.54, 1.807) is 18.4 Å². The summed E-state index contributed by atoms with van der Waals surface area (Å²) < 4.78 is 5.35. The number of hydrogen-bond acceptors (Lipinski definition) is 6. The largest absolute Gasteiger partial charge is 0.383 e. The van der Waals surface area contributed by atoms with Crippen molar-refractivity contribution in [3.05, 3.63) is 52.0 Å². The lowest BCUT2D eigenvalue weighted by Crippen LogP contribution is -2.45. The summed E-state index contributed by atoms with van der Waals surface area (Å²) in [5.41, 5.74) is 1.03. The molecule has 0 saturated carbocycles. The smallest absolute Gasteiger partial charge is 0.222 e. The lowest BCUT2D eigenvalue weighted by atomic mass is 9.88. The molecule has 3 heterocycles. The first-order valence-corrected chi connectivity index (χ1v) is 12.2. The molecule has 0 radical (unpaired) electrons. The van der Waals surface area contributed by atoms with E-state index in [0.29, 0.717) is 38.4 Å². The van der Waals surface area contributed by atoms with Gasteiger partial charge in [-0.3, -0.25) is 9.69 Å². The molecule has 168 valence electrons. The van der Waals surface area contributed by atoms with E-state index in [2.05, 4.69) is 17.0 Å². The van der Waals surface area contributed by atoms with Gasteiger partial charge in [0.25, 0.3) is 0 Å². The molecule has 31 heavy (non-hydrogen) atoms. The summed E-state index contributed by atoms with van der Waals surface area (Å²) in [5.74, 6) is 0.170. The highest BCUT2D eigenvalue weighted by molar-refractivity contribution is 7.09. The predicted molar refractivity (Wildman–Crippen MR) is 122 cm³/mol. The lowest BCUT2D eigenvalue weighted by molar-refractivity contribution is -0.135. The zero-order valence-corrected chi connectivity index (χ0v) is 19.1. The Labute approximate surface area is 188 Å². The molecule has 2 aromatic rings. The maximum atomic E-state index is 12.6. The van der Waals surface area contributed by atoms with Gasteiger partial charge < -0.3 is 14.7 Å². The Hall–Kier alpha value is -1.80. The van der Waals surface area contributed by atoms with Crippen LogP contribution in [0.5, 0.6) is 0 Å². The normalized spacial score (nSPS) is 21.5. The Balaban J connectivity index is 1.29. The maximum Gasteiger partial charge on any atom is 0.222 e. The predicted octanol–water partition coefficient (Wildman–Crippen LogP) is 3.20. The average molecular weight is 444 g/mol. The van der Waals surface area contributed by atoms with Crippen LogP contribution < -0.4 is 0 Å². The molecule has 4 rings (SSSR count). The van der Waals surface area contributed by atoms with Gasteiger partial charge in [0.15, 0.2) is 0 Å². The van der Waals surface area contributed by atoms with Crippen LogP contribution in [0.15, 0.2) is 35.7 Å². The van der Waals surface area contributed by atoms with Crippen LogP contribution in [0.3, 0.4) is 0 Å². The summed E-state index contributed by atoms with van der Waals surface area (Å²) in [6.07, 6.45) is 4.74. The molecule has 1 N–H and O–H groups in total. The van der Waals surface area contributed by atoms with Gasteiger partial charge in [-0.05, 0) is 44.2 Å². The summed E-state index contributed by atoms with van der Waals surface area (Å²) in [6, 6.07) is 10.6. The van der Waals surface area contributed by atoms with Crippen molar-refractivity contribution in [3.8, 4) is 0 Å². The first kappa shape index (κ1) is 22.4. The number of nitrogens with zero attached hydrogens (tertiary/aromatic N) is 3. The van der Waals surface area contributed by atoms with Gasteiger partial charge in [-0.25, -0.2) is 4.98 Å². The third-order valence-electron chi connectivity index (χ3n) is 6.64. The standard InChI is InChI=1S/C24H33N3O3S/c1-30-17-20-8-5-13-27(20)16-22-25-21(18-31-22)24(29)11-14-26(15-12-24)23(28)10-9-19-6-3-2-4-7-19/h2-4,6-7,18,20,29H,5,8-17H2,1H3/t20-/m1/s1. The topological polar surface area (TPSA) is 65.9 Å². The van der Waals surface area contributed by atoms with E-state index in [4.69, 9.17) is 9.72 Å². The number of benzene rings is 1. The van der Waals surface area contributed by atoms with Crippen molar-refractivity contribution >= 4 is 17.2 Å². The van der Waals surface area contributed by atoms with Gasteiger partial charge in [0.2, 0.25) is 5.91 Å². The average Bonchev–Trinajstić information content (AvgIpc) is 3.44. The Bertz CT molecular complexity index is 849. The molecular formula is C24H33N3O3S. The van der Waals surface area contributed by atoms with Crippen molar-refractivity contribution in [2.45, 2.75) is 56.7 Å². The second kappa shape index (κ2) is 10.2. The molecule has 2 saturated heterocycles. The van der Waals surface area contributed by atoms with Crippen molar-refractivity contribution in [3.63, 3.8) is 0 Å². The van der Waals surface area contributed by atoms with Crippen LogP contribution in [0.4, 0.5) is 0 Å². The molecule has 1 amide bonds. The van der Waals surface area contributed by atoms with Gasteiger partial charge in [0.1, 0.15) is 10.6 Å². The SMILES string of the molecule is COC[C@H]1CCCN1Cc1nc(C2(O)CCN(C(=O)CCc3ccccc3)CC2)cs1. The highest BCUT2D eigenvalue weighted by atomic mass is 32.1. The Morgan fingerprint density at radius 3 is 2.77 bits per heavy atom. The second-order valence-electron chi connectivity index (χ2n) is 8.75. The minimum atomic E-state index is -0.929. The van der Waals surface area contributed by atoms with Crippen LogP contribution in [0.1, 0.15) is 48.4 Å². The highest BCUT2D eigenvalue weighted by Crippen LogP contribution is 2.34. The van der Waals surface area contributed by atoms with Gasteiger partial charge >= 0.3 is 0 Å². The van der Waals surface area contributed by atoms with Crippen molar-refractivity contribution in [2.24, 2.45) is 0 Å². The summed E-state index contributed by atoms with van der Waals surface area (Å²) >= 11 is 1.63. The summed E-state index contributed by atoms with van der Waals surface area (Å²) in [4.78, 5) is 21.7. The number of piperidine rings is 1. The fourth-order valence-electron chi connectivity index (χ4n) is 4.69. The van der Waals surface area contributed by atoms with Gasteiger partial charge in [0, 0.05) is 38.0 Å². The lowest BCUT2D eigenvalue weighted by Gasteiger charge is -2.37. The molecule has 2 fully saturated rings. The van der Waals surface area contributed by atoms with E-state index in [1.807, 2.05) is 28.5 Å². The fraction of sp³-hybridized carbons (Fsp3) is 0.583. The molecule has 1 aromatic carbocycles. The first-order valence-electron chi connectivity index (χ1n) is 11.3. The van der Waals surface area contributed by atoms with E-state index in [9.17, 15) is 9.90 Å². The molecule has 0 aliphatic carbocycles. The first-order chi connectivity index (χ1) is 15.1. The number of aryl methyl sites for hydroxylation is 1. The minimum absolute atomic E-state index is 0.170. The van der Waals surface area contributed by atoms with E-state index in [-0.39, 0.29) is 5.91 Å². The van der Waals surface area contributed by atoms with Crippen molar-refractivity contribution in [1.82, 2.24) is 14.8 Å². The van der Waals surface area contributed by atoms with Crippen LogP contribution in [0.2, 0.25) is 0 Å². The van der Waals surface area contributed by atoms with Crippen LogP contribution in [-0.4, -0.2) is 65.2 Å². The zero-order valence-electron chi connectivity index (χ0n) is 18.3. The number of thiazole rings is 1. The van der Waals surface area contributed by atoms with Crippen LogP contribution in [-0.2, 0) is 28.1 Å². The van der Waals surface area contributed by atoms with E-state index in [1.165, 1.54) is 18.4 Å². The molecule has 2 aliphatic heterocycles. The second-order valence-corrected chi connectivity index (χ2v) is 9.69. The molecule has 2 aliphatic rings. The molecule has 1 atom stereocenters. The fourth-order valence-corrected chi connectivity index (χ4v) is 5.60. The van der Waals surface area contributed by atoms with Crippen molar-refractivity contribution in [2.75, 3.05) is 33.4 Å². The number of carbonyl (C=O) groups excluding carboxylic acids is 1.